The van der Waals surface area contributed by atoms with E-state index in [4.69, 9.17) is 9.47 Å². The molecule has 0 radical (unpaired) electrons. The van der Waals surface area contributed by atoms with Crippen molar-refractivity contribution in [2.45, 2.75) is 6.54 Å². The van der Waals surface area contributed by atoms with Crippen LogP contribution in [0.25, 0.3) is 0 Å². The van der Waals surface area contributed by atoms with Gasteiger partial charge in [0.2, 0.25) is 0 Å². The number of hydrogen-bond donors (Lipinski definition) is 1. The van der Waals surface area contributed by atoms with Crippen LogP contribution in [-0.4, -0.2) is 20.8 Å². The Kier molecular flexibility index (Phi) is 4.71. The number of methoxy groups -OCH3 is 2. The van der Waals surface area contributed by atoms with E-state index in [-0.39, 0.29) is 0 Å². The van der Waals surface area contributed by atoms with Crippen LogP contribution >= 0.6 is 0 Å². The number of nitrogens with one attached hydrogen (secondary N) is 1. The Hall–Kier alpha value is -1.48. The summed E-state index contributed by atoms with van der Waals surface area (Å²) in [6.45, 7) is 5.22. The summed E-state index contributed by atoms with van der Waals surface area (Å²) in [6.07, 6.45) is 1.83. The quantitative estimate of drug-likeness (QED) is 0.571. The van der Waals surface area contributed by atoms with E-state index in [1.807, 2.05) is 24.3 Å². The smallest absolute Gasteiger partial charge is 0.122 e. The SMILES string of the molecule is C=CCNCc1cc(OC)cc(OC)c1. The summed E-state index contributed by atoms with van der Waals surface area (Å²) < 4.78 is 10.4. The van der Waals surface area contributed by atoms with E-state index >= 15 is 0 Å². The number of benzene rings is 1. The molecule has 15 heavy (non-hydrogen) atoms. The molecule has 0 fully saturated rings. The van der Waals surface area contributed by atoms with Crippen LogP contribution in [0.2, 0.25) is 0 Å². The van der Waals surface area contributed by atoms with Crippen molar-refractivity contribution in [3.63, 3.8) is 0 Å². The molecule has 0 unspecified atom stereocenters. The number of rotatable bonds is 6. The molecule has 0 saturated carbocycles. The van der Waals surface area contributed by atoms with Gasteiger partial charge in [0.15, 0.2) is 0 Å². The standard InChI is InChI=1S/C12H17NO2/c1-4-5-13-9-10-6-11(14-2)8-12(7-10)15-3/h4,6-8,13H,1,5,9H2,2-3H3. The second kappa shape index (κ2) is 6.09. The van der Waals surface area contributed by atoms with Crippen LogP contribution in [0.15, 0.2) is 30.9 Å². The van der Waals surface area contributed by atoms with Gasteiger partial charge in [0.1, 0.15) is 11.5 Å². The first-order chi connectivity index (χ1) is 7.30. The fraction of sp³-hybridized carbons (Fsp3) is 0.333. The Balaban J connectivity index is 2.72. The third kappa shape index (κ3) is 3.64. The average molecular weight is 207 g/mol. The first-order valence-electron chi connectivity index (χ1n) is 4.83. The van der Waals surface area contributed by atoms with E-state index in [1.54, 1.807) is 14.2 Å². The molecule has 0 aliphatic rings. The van der Waals surface area contributed by atoms with E-state index in [9.17, 15) is 0 Å². The van der Waals surface area contributed by atoms with Crippen molar-refractivity contribution in [2.75, 3.05) is 20.8 Å². The van der Waals surface area contributed by atoms with Gasteiger partial charge in [0.05, 0.1) is 14.2 Å². The molecule has 82 valence electrons. The van der Waals surface area contributed by atoms with Gasteiger partial charge in [-0.1, -0.05) is 6.08 Å². The van der Waals surface area contributed by atoms with Gasteiger partial charge in [-0.3, -0.25) is 0 Å². The lowest BCUT2D eigenvalue weighted by Crippen LogP contribution is -2.12. The van der Waals surface area contributed by atoms with Crippen molar-refractivity contribution in [3.8, 4) is 11.5 Å². The Bertz CT molecular complexity index is 301. The topological polar surface area (TPSA) is 30.5 Å². The fourth-order valence-electron chi connectivity index (χ4n) is 1.29. The Labute approximate surface area is 90.7 Å². The van der Waals surface area contributed by atoms with E-state index in [2.05, 4.69) is 11.9 Å². The van der Waals surface area contributed by atoms with Crippen molar-refractivity contribution in [1.29, 1.82) is 0 Å². The summed E-state index contributed by atoms with van der Waals surface area (Å²) >= 11 is 0. The molecule has 0 saturated heterocycles. The Morgan fingerprint density at radius 2 is 1.80 bits per heavy atom. The van der Waals surface area contributed by atoms with Gasteiger partial charge in [-0.05, 0) is 17.7 Å². The Morgan fingerprint density at radius 3 is 2.27 bits per heavy atom. The van der Waals surface area contributed by atoms with Crippen LogP contribution in [-0.2, 0) is 6.54 Å². The summed E-state index contributed by atoms with van der Waals surface area (Å²) in [7, 11) is 3.30. The highest BCUT2D eigenvalue weighted by Gasteiger charge is 2.00. The molecule has 1 N–H and O–H groups in total. The van der Waals surface area contributed by atoms with Crippen LogP contribution in [0.1, 0.15) is 5.56 Å². The zero-order valence-corrected chi connectivity index (χ0v) is 9.25. The molecular formula is C12H17NO2. The van der Waals surface area contributed by atoms with Gasteiger partial charge in [0, 0.05) is 19.2 Å². The summed E-state index contributed by atoms with van der Waals surface area (Å²) in [4.78, 5) is 0. The van der Waals surface area contributed by atoms with Crippen LogP contribution in [0, 0.1) is 0 Å². The van der Waals surface area contributed by atoms with Crippen LogP contribution < -0.4 is 14.8 Å². The summed E-state index contributed by atoms with van der Waals surface area (Å²) in [6, 6.07) is 5.83. The van der Waals surface area contributed by atoms with E-state index in [1.165, 1.54) is 0 Å². The van der Waals surface area contributed by atoms with Gasteiger partial charge in [0.25, 0.3) is 0 Å². The van der Waals surface area contributed by atoms with E-state index in [0.29, 0.717) is 0 Å². The molecule has 0 spiro atoms. The lowest BCUT2D eigenvalue weighted by molar-refractivity contribution is 0.393. The maximum Gasteiger partial charge on any atom is 0.122 e. The molecule has 0 bridgehead atoms. The second-order valence-electron chi connectivity index (χ2n) is 3.14. The molecule has 0 aromatic heterocycles. The highest BCUT2D eigenvalue weighted by atomic mass is 16.5. The summed E-state index contributed by atoms with van der Waals surface area (Å²) in [5.41, 5.74) is 1.13. The minimum atomic E-state index is 0.777. The normalized spacial score (nSPS) is 9.73. The molecule has 1 aromatic carbocycles. The van der Waals surface area contributed by atoms with Crippen molar-refractivity contribution in [2.24, 2.45) is 0 Å². The monoisotopic (exact) mass is 207 g/mol. The first kappa shape index (κ1) is 11.6. The van der Waals surface area contributed by atoms with Crippen molar-refractivity contribution < 1.29 is 9.47 Å². The number of ether oxygens (including phenoxy) is 2. The zero-order chi connectivity index (χ0) is 11.1. The maximum absolute atomic E-state index is 5.18. The van der Waals surface area contributed by atoms with Crippen molar-refractivity contribution in [1.82, 2.24) is 5.32 Å². The summed E-state index contributed by atoms with van der Waals surface area (Å²) in [5.74, 6) is 1.62. The molecule has 0 atom stereocenters. The number of hydrogen-bond acceptors (Lipinski definition) is 3. The average Bonchev–Trinajstić information content (AvgIpc) is 2.29. The van der Waals surface area contributed by atoms with Crippen molar-refractivity contribution in [3.05, 3.63) is 36.4 Å². The summed E-state index contributed by atoms with van der Waals surface area (Å²) in [5, 5.41) is 3.22. The molecule has 1 rings (SSSR count). The van der Waals surface area contributed by atoms with E-state index in [0.717, 1.165) is 30.2 Å². The highest BCUT2D eigenvalue weighted by molar-refractivity contribution is 5.38. The third-order valence-corrected chi connectivity index (χ3v) is 2.03. The maximum atomic E-state index is 5.18. The van der Waals surface area contributed by atoms with Gasteiger partial charge in [-0.25, -0.2) is 0 Å². The van der Waals surface area contributed by atoms with E-state index < -0.39 is 0 Å². The lowest BCUT2D eigenvalue weighted by atomic mass is 10.2. The van der Waals surface area contributed by atoms with Gasteiger partial charge in [-0.15, -0.1) is 6.58 Å². The molecular weight excluding hydrogens is 190 g/mol. The molecule has 3 nitrogen and oxygen atoms in total. The largest absolute Gasteiger partial charge is 0.497 e. The zero-order valence-electron chi connectivity index (χ0n) is 9.25. The molecule has 0 amide bonds. The molecule has 0 aliphatic heterocycles. The third-order valence-electron chi connectivity index (χ3n) is 2.03. The fourth-order valence-corrected chi connectivity index (χ4v) is 1.29. The highest BCUT2D eigenvalue weighted by Crippen LogP contribution is 2.22. The van der Waals surface area contributed by atoms with Gasteiger partial charge in [-0.2, -0.15) is 0 Å². The first-order valence-corrected chi connectivity index (χ1v) is 4.83. The van der Waals surface area contributed by atoms with Gasteiger partial charge >= 0.3 is 0 Å². The molecule has 0 aliphatic carbocycles. The molecule has 1 aromatic rings. The Morgan fingerprint density at radius 1 is 1.20 bits per heavy atom. The lowest BCUT2D eigenvalue weighted by Gasteiger charge is -2.08. The van der Waals surface area contributed by atoms with Crippen LogP contribution in [0.4, 0.5) is 0 Å². The second-order valence-corrected chi connectivity index (χ2v) is 3.14. The van der Waals surface area contributed by atoms with Crippen LogP contribution in [0.5, 0.6) is 11.5 Å². The minimum absolute atomic E-state index is 0.777. The van der Waals surface area contributed by atoms with Gasteiger partial charge < -0.3 is 14.8 Å². The minimum Gasteiger partial charge on any atom is -0.497 e. The predicted molar refractivity (Wildman–Crippen MR) is 61.4 cm³/mol. The van der Waals surface area contributed by atoms with Crippen molar-refractivity contribution >= 4 is 0 Å². The molecule has 3 heteroatoms. The molecule has 0 heterocycles. The van der Waals surface area contributed by atoms with Crippen LogP contribution in [0.3, 0.4) is 0 Å². The predicted octanol–water partition coefficient (Wildman–Crippen LogP) is 1.98.